The van der Waals surface area contributed by atoms with Crippen molar-refractivity contribution in [2.75, 3.05) is 39.4 Å². The van der Waals surface area contributed by atoms with E-state index in [0.717, 1.165) is 24.5 Å². The molecule has 25 heavy (non-hydrogen) atoms. The number of carbonyl (C=O) groups is 3. The number of imide groups is 1. The lowest BCUT2D eigenvalue weighted by atomic mass is 9.88. The van der Waals surface area contributed by atoms with Gasteiger partial charge in [0.05, 0.1) is 13.2 Å². The second-order valence-corrected chi connectivity index (χ2v) is 6.63. The number of aliphatic carboxylic acids is 1. The molecule has 0 saturated carbocycles. The summed E-state index contributed by atoms with van der Waals surface area (Å²) in [5, 5.41) is 9.47. The molecule has 7 nitrogen and oxygen atoms in total. The highest BCUT2D eigenvalue weighted by Gasteiger charge is 2.42. The monoisotopic (exact) mass is 346 g/mol. The molecule has 1 aromatic rings. The van der Waals surface area contributed by atoms with Gasteiger partial charge in [-0.05, 0) is 17.5 Å². The molecule has 2 heterocycles. The van der Waals surface area contributed by atoms with Crippen molar-refractivity contribution in [3.05, 3.63) is 35.4 Å². The highest BCUT2D eigenvalue weighted by atomic mass is 16.5. The molecule has 0 radical (unpaired) electrons. The van der Waals surface area contributed by atoms with E-state index in [1.165, 1.54) is 0 Å². The Morgan fingerprint density at radius 3 is 2.60 bits per heavy atom. The number of morpholine rings is 1. The SMILES string of the molecule is CC(CN1CCOCC1)CN1C(=O)c2ccccc2C(C(=O)O)C1=O. The van der Waals surface area contributed by atoms with Crippen molar-refractivity contribution >= 4 is 17.8 Å². The number of fused-ring (bicyclic) bond motifs is 1. The minimum absolute atomic E-state index is 0.0470. The van der Waals surface area contributed by atoms with Gasteiger partial charge in [0.15, 0.2) is 5.92 Å². The third kappa shape index (κ3) is 3.57. The van der Waals surface area contributed by atoms with Crippen LogP contribution in [0.4, 0.5) is 0 Å². The Hall–Kier alpha value is -2.25. The van der Waals surface area contributed by atoms with Crippen molar-refractivity contribution in [2.45, 2.75) is 12.8 Å². The third-order valence-electron chi connectivity index (χ3n) is 4.68. The van der Waals surface area contributed by atoms with Crippen molar-refractivity contribution in [3.8, 4) is 0 Å². The van der Waals surface area contributed by atoms with Gasteiger partial charge < -0.3 is 9.84 Å². The lowest BCUT2D eigenvalue weighted by molar-refractivity contribution is -0.146. The van der Waals surface area contributed by atoms with Crippen LogP contribution in [0.2, 0.25) is 0 Å². The predicted octanol–water partition coefficient (Wildman–Crippen LogP) is 0.805. The lowest BCUT2D eigenvalue weighted by Gasteiger charge is -2.34. The number of carboxylic acids is 1. The molecule has 2 atom stereocenters. The van der Waals surface area contributed by atoms with E-state index in [4.69, 9.17) is 4.74 Å². The number of benzene rings is 1. The summed E-state index contributed by atoms with van der Waals surface area (Å²) in [5.74, 6) is -3.55. The highest BCUT2D eigenvalue weighted by Crippen LogP contribution is 2.30. The van der Waals surface area contributed by atoms with Crippen LogP contribution in [0.15, 0.2) is 24.3 Å². The zero-order valence-corrected chi connectivity index (χ0v) is 14.2. The van der Waals surface area contributed by atoms with Gasteiger partial charge in [-0.1, -0.05) is 25.1 Å². The van der Waals surface area contributed by atoms with Crippen LogP contribution in [0.25, 0.3) is 0 Å². The minimum Gasteiger partial charge on any atom is -0.480 e. The van der Waals surface area contributed by atoms with Crippen LogP contribution in [0.1, 0.15) is 28.8 Å². The zero-order chi connectivity index (χ0) is 18.0. The standard InChI is InChI=1S/C18H22N2O5/c1-12(10-19-6-8-25-9-7-19)11-20-16(21)14-5-3-2-4-13(14)15(17(20)22)18(23)24/h2-5,12,15H,6-11H2,1H3,(H,23,24). The quantitative estimate of drug-likeness (QED) is 0.627. The molecule has 1 aromatic carbocycles. The maximum atomic E-state index is 12.7. The second kappa shape index (κ2) is 7.33. The summed E-state index contributed by atoms with van der Waals surface area (Å²) in [7, 11) is 0. The van der Waals surface area contributed by atoms with E-state index in [1.807, 2.05) is 6.92 Å². The van der Waals surface area contributed by atoms with Crippen LogP contribution in [0.3, 0.4) is 0 Å². The fraction of sp³-hybridized carbons (Fsp3) is 0.500. The number of nitrogens with zero attached hydrogens (tertiary/aromatic N) is 2. The molecule has 1 saturated heterocycles. The average Bonchev–Trinajstić information content (AvgIpc) is 2.59. The van der Waals surface area contributed by atoms with Gasteiger partial charge in [0.1, 0.15) is 0 Å². The maximum Gasteiger partial charge on any atom is 0.320 e. The third-order valence-corrected chi connectivity index (χ3v) is 4.68. The second-order valence-electron chi connectivity index (χ2n) is 6.63. The number of ether oxygens (including phenoxy) is 1. The van der Waals surface area contributed by atoms with Crippen LogP contribution in [0.5, 0.6) is 0 Å². The molecular formula is C18H22N2O5. The number of hydrogen-bond donors (Lipinski definition) is 1. The normalized spacial score (nSPS) is 22.6. The van der Waals surface area contributed by atoms with E-state index in [9.17, 15) is 19.5 Å². The van der Waals surface area contributed by atoms with Gasteiger partial charge in [0, 0.05) is 31.7 Å². The fourth-order valence-corrected chi connectivity index (χ4v) is 3.48. The summed E-state index contributed by atoms with van der Waals surface area (Å²) in [5.41, 5.74) is 0.579. The molecule has 0 spiro atoms. The maximum absolute atomic E-state index is 12.7. The summed E-state index contributed by atoms with van der Waals surface area (Å²) >= 11 is 0. The molecule has 3 rings (SSSR count). The van der Waals surface area contributed by atoms with Gasteiger partial charge in [-0.25, -0.2) is 0 Å². The van der Waals surface area contributed by atoms with Crippen LogP contribution < -0.4 is 0 Å². The number of rotatable bonds is 5. The lowest BCUT2D eigenvalue weighted by Crippen LogP contribution is -2.50. The topological polar surface area (TPSA) is 87.2 Å². The first-order valence-corrected chi connectivity index (χ1v) is 8.46. The van der Waals surface area contributed by atoms with Gasteiger partial charge >= 0.3 is 5.97 Å². The summed E-state index contributed by atoms with van der Waals surface area (Å²) in [4.78, 5) is 40.3. The Morgan fingerprint density at radius 1 is 1.24 bits per heavy atom. The molecule has 1 N–H and O–H groups in total. The summed E-state index contributed by atoms with van der Waals surface area (Å²) in [6.45, 7) is 5.93. The smallest absolute Gasteiger partial charge is 0.320 e. The van der Waals surface area contributed by atoms with E-state index in [-0.39, 0.29) is 18.0 Å². The molecule has 0 aromatic heterocycles. The summed E-state index contributed by atoms with van der Waals surface area (Å²) in [6, 6.07) is 6.45. The highest BCUT2D eigenvalue weighted by molar-refractivity contribution is 6.17. The first-order valence-electron chi connectivity index (χ1n) is 8.46. The first-order chi connectivity index (χ1) is 12.0. The molecule has 134 valence electrons. The average molecular weight is 346 g/mol. The Kier molecular flexibility index (Phi) is 5.15. The number of carboxylic acid groups (broad SMARTS) is 1. The van der Waals surface area contributed by atoms with Crippen molar-refractivity contribution in [1.29, 1.82) is 0 Å². The Labute approximate surface area is 146 Å². The Balaban J connectivity index is 1.78. The molecule has 0 bridgehead atoms. The van der Waals surface area contributed by atoms with E-state index in [0.29, 0.717) is 18.8 Å². The Morgan fingerprint density at radius 2 is 1.92 bits per heavy atom. The molecule has 1 fully saturated rings. The van der Waals surface area contributed by atoms with Crippen LogP contribution in [-0.2, 0) is 14.3 Å². The zero-order valence-electron chi connectivity index (χ0n) is 14.2. The molecule has 2 unspecified atom stereocenters. The van der Waals surface area contributed by atoms with Gasteiger partial charge in [-0.3, -0.25) is 24.2 Å². The number of hydrogen-bond acceptors (Lipinski definition) is 5. The van der Waals surface area contributed by atoms with Crippen molar-refractivity contribution in [1.82, 2.24) is 9.80 Å². The van der Waals surface area contributed by atoms with Gasteiger partial charge in [0.2, 0.25) is 5.91 Å². The van der Waals surface area contributed by atoms with Crippen LogP contribution in [-0.4, -0.2) is 72.1 Å². The predicted molar refractivity (Wildman–Crippen MR) is 89.3 cm³/mol. The molecule has 7 heteroatoms. The molecule has 2 amide bonds. The molecule has 2 aliphatic heterocycles. The molecular weight excluding hydrogens is 324 g/mol. The fourth-order valence-electron chi connectivity index (χ4n) is 3.48. The van der Waals surface area contributed by atoms with E-state index >= 15 is 0 Å². The van der Waals surface area contributed by atoms with E-state index in [2.05, 4.69) is 4.90 Å². The van der Waals surface area contributed by atoms with Crippen molar-refractivity contribution in [2.24, 2.45) is 5.92 Å². The summed E-state index contributed by atoms with van der Waals surface area (Å²) < 4.78 is 5.32. The summed E-state index contributed by atoms with van der Waals surface area (Å²) in [6.07, 6.45) is 0. The van der Waals surface area contributed by atoms with Crippen molar-refractivity contribution < 1.29 is 24.2 Å². The van der Waals surface area contributed by atoms with E-state index < -0.39 is 23.7 Å². The van der Waals surface area contributed by atoms with Gasteiger partial charge in [-0.15, -0.1) is 0 Å². The molecule has 2 aliphatic rings. The van der Waals surface area contributed by atoms with Crippen LogP contribution in [0, 0.1) is 5.92 Å². The Bertz CT molecular complexity index is 684. The van der Waals surface area contributed by atoms with Crippen LogP contribution >= 0.6 is 0 Å². The number of amides is 2. The molecule has 0 aliphatic carbocycles. The first kappa shape index (κ1) is 17.6. The van der Waals surface area contributed by atoms with Gasteiger partial charge in [-0.2, -0.15) is 0 Å². The minimum atomic E-state index is -1.32. The van der Waals surface area contributed by atoms with Crippen molar-refractivity contribution in [3.63, 3.8) is 0 Å². The largest absolute Gasteiger partial charge is 0.480 e. The van der Waals surface area contributed by atoms with E-state index in [1.54, 1.807) is 24.3 Å². The van der Waals surface area contributed by atoms with Gasteiger partial charge in [0.25, 0.3) is 5.91 Å². The number of carbonyl (C=O) groups excluding carboxylic acids is 2.